The third-order valence-corrected chi connectivity index (χ3v) is 3.39. The molecule has 0 spiro atoms. The highest BCUT2D eigenvalue weighted by atomic mass is 16.5. The van der Waals surface area contributed by atoms with Gasteiger partial charge in [-0.2, -0.15) is 0 Å². The molecular weight excluding hydrogens is 242 g/mol. The minimum Gasteiger partial charge on any atom is -0.465 e. The van der Waals surface area contributed by atoms with Gasteiger partial charge in [-0.3, -0.25) is 0 Å². The van der Waals surface area contributed by atoms with Crippen LogP contribution in [0.25, 0.3) is 0 Å². The van der Waals surface area contributed by atoms with E-state index in [1.54, 1.807) is 0 Å². The van der Waals surface area contributed by atoms with Crippen LogP contribution in [0.2, 0.25) is 0 Å². The van der Waals surface area contributed by atoms with E-state index < -0.39 is 5.54 Å². The Kier molecular flexibility index (Phi) is 9.88. The molecule has 0 fully saturated rings. The minimum atomic E-state index is -0.738. The first-order valence-electron chi connectivity index (χ1n) is 7.53. The number of hydrogen-bond acceptors (Lipinski definition) is 4. The molecule has 0 radical (unpaired) electrons. The predicted molar refractivity (Wildman–Crippen MR) is 78.2 cm³/mol. The van der Waals surface area contributed by atoms with Gasteiger partial charge < -0.3 is 14.8 Å². The maximum atomic E-state index is 12.0. The van der Waals surface area contributed by atoms with E-state index in [0.29, 0.717) is 25.7 Å². The van der Waals surface area contributed by atoms with Crippen LogP contribution in [0.3, 0.4) is 0 Å². The summed E-state index contributed by atoms with van der Waals surface area (Å²) in [7, 11) is 0. The molecule has 1 N–H and O–H groups in total. The molecule has 0 rings (SSSR count). The monoisotopic (exact) mass is 273 g/mol. The lowest BCUT2D eigenvalue weighted by Gasteiger charge is -2.29. The smallest absolute Gasteiger partial charge is 0.328 e. The van der Waals surface area contributed by atoms with Crippen LogP contribution in [0.5, 0.6) is 0 Å². The molecule has 0 saturated heterocycles. The third kappa shape index (κ3) is 6.92. The van der Waals surface area contributed by atoms with Crippen LogP contribution in [0.15, 0.2) is 0 Å². The van der Waals surface area contributed by atoms with Crippen molar-refractivity contribution in [2.75, 3.05) is 26.4 Å². The molecule has 0 aromatic rings. The summed E-state index contributed by atoms with van der Waals surface area (Å²) in [5, 5.41) is 3.24. The quantitative estimate of drug-likeness (QED) is 0.588. The van der Waals surface area contributed by atoms with Crippen LogP contribution in [-0.4, -0.2) is 37.9 Å². The molecule has 114 valence electrons. The third-order valence-electron chi connectivity index (χ3n) is 3.39. The summed E-state index contributed by atoms with van der Waals surface area (Å²) in [5.41, 5.74) is -0.738. The Labute approximate surface area is 118 Å². The van der Waals surface area contributed by atoms with E-state index >= 15 is 0 Å². The second-order valence-electron chi connectivity index (χ2n) is 5.18. The molecule has 0 aliphatic rings. The number of rotatable bonds is 11. The van der Waals surface area contributed by atoms with Crippen molar-refractivity contribution in [3.63, 3.8) is 0 Å². The molecule has 0 aliphatic carbocycles. The van der Waals surface area contributed by atoms with Crippen molar-refractivity contribution in [3.05, 3.63) is 0 Å². The van der Waals surface area contributed by atoms with Gasteiger partial charge in [-0.25, -0.2) is 4.79 Å². The first-order chi connectivity index (χ1) is 9.03. The van der Waals surface area contributed by atoms with Gasteiger partial charge in [-0.15, -0.1) is 0 Å². The van der Waals surface area contributed by atoms with E-state index in [0.717, 1.165) is 25.8 Å². The zero-order valence-electron chi connectivity index (χ0n) is 13.3. The normalized spacial score (nSPS) is 14.4. The Morgan fingerprint density at radius 3 is 2.32 bits per heavy atom. The molecule has 1 atom stereocenters. The minimum absolute atomic E-state index is 0.229. The number of hydrogen-bond donors (Lipinski definition) is 1. The van der Waals surface area contributed by atoms with Gasteiger partial charge in [0.15, 0.2) is 0 Å². The van der Waals surface area contributed by atoms with E-state index in [-0.39, 0.29) is 5.97 Å². The Hall–Kier alpha value is -0.610. The van der Waals surface area contributed by atoms with E-state index in [4.69, 9.17) is 9.47 Å². The topological polar surface area (TPSA) is 47.6 Å². The highest BCUT2D eigenvalue weighted by Gasteiger charge is 2.34. The molecule has 0 aromatic carbocycles. The summed E-state index contributed by atoms with van der Waals surface area (Å²) in [5.74, 6) is 0.339. The molecule has 0 aliphatic heterocycles. The lowest BCUT2D eigenvalue weighted by atomic mass is 10.0. The molecule has 1 unspecified atom stereocenters. The van der Waals surface area contributed by atoms with Crippen molar-refractivity contribution in [1.29, 1.82) is 0 Å². The van der Waals surface area contributed by atoms with Crippen LogP contribution in [0, 0.1) is 5.92 Å². The van der Waals surface area contributed by atoms with E-state index in [1.165, 1.54) is 0 Å². The van der Waals surface area contributed by atoms with Gasteiger partial charge in [0.1, 0.15) is 5.54 Å². The first-order valence-corrected chi connectivity index (χ1v) is 7.53. The Balaban J connectivity index is 4.37. The Morgan fingerprint density at radius 2 is 1.84 bits per heavy atom. The highest BCUT2D eigenvalue weighted by Crippen LogP contribution is 2.12. The average Bonchev–Trinajstić information content (AvgIpc) is 2.41. The standard InChI is InChI=1S/C15H31NO3/c1-6-10-16-15(5,14(17)19-9-4)12-18-11-13(7-2)8-3/h13,16H,6-12H2,1-5H3. The first kappa shape index (κ1) is 18.4. The van der Waals surface area contributed by atoms with Gasteiger partial charge in [-0.05, 0) is 32.7 Å². The summed E-state index contributed by atoms with van der Waals surface area (Å²) in [4.78, 5) is 12.0. The van der Waals surface area contributed by atoms with Crippen LogP contribution in [0.1, 0.15) is 53.9 Å². The molecule has 0 amide bonds. The molecule has 0 bridgehead atoms. The Bertz CT molecular complexity index is 242. The lowest BCUT2D eigenvalue weighted by Crippen LogP contribution is -2.54. The second-order valence-corrected chi connectivity index (χ2v) is 5.18. The summed E-state index contributed by atoms with van der Waals surface area (Å²) in [6.45, 7) is 12.3. The lowest BCUT2D eigenvalue weighted by molar-refractivity contribution is -0.153. The van der Waals surface area contributed by atoms with Crippen molar-refractivity contribution in [2.45, 2.75) is 59.4 Å². The highest BCUT2D eigenvalue weighted by molar-refractivity contribution is 5.80. The van der Waals surface area contributed by atoms with Gasteiger partial charge in [0.25, 0.3) is 0 Å². The molecular formula is C15H31NO3. The van der Waals surface area contributed by atoms with Crippen molar-refractivity contribution in [2.24, 2.45) is 5.92 Å². The molecule has 19 heavy (non-hydrogen) atoms. The summed E-state index contributed by atoms with van der Waals surface area (Å²) >= 11 is 0. The SMILES string of the molecule is CCCNC(C)(COCC(CC)CC)C(=O)OCC. The van der Waals surface area contributed by atoms with Gasteiger partial charge in [0, 0.05) is 6.61 Å². The van der Waals surface area contributed by atoms with Crippen molar-refractivity contribution >= 4 is 5.97 Å². The van der Waals surface area contributed by atoms with E-state index in [9.17, 15) is 4.79 Å². The molecule has 0 heterocycles. The summed E-state index contributed by atoms with van der Waals surface area (Å²) in [6.07, 6.45) is 3.19. The fourth-order valence-corrected chi connectivity index (χ4v) is 1.83. The predicted octanol–water partition coefficient (Wildman–Crippen LogP) is 2.76. The number of esters is 1. The van der Waals surface area contributed by atoms with E-state index in [1.807, 2.05) is 13.8 Å². The van der Waals surface area contributed by atoms with Gasteiger partial charge in [0.2, 0.25) is 0 Å². The largest absolute Gasteiger partial charge is 0.465 e. The molecule has 4 nitrogen and oxygen atoms in total. The van der Waals surface area contributed by atoms with Crippen molar-refractivity contribution in [1.82, 2.24) is 5.32 Å². The van der Waals surface area contributed by atoms with E-state index in [2.05, 4.69) is 26.1 Å². The zero-order valence-corrected chi connectivity index (χ0v) is 13.3. The zero-order chi connectivity index (χ0) is 14.7. The van der Waals surface area contributed by atoms with Crippen LogP contribution >= 0.6 is 0 Å². The number of carbonyl (C=O) groups excluding carboxylic acids is 1. The molecule has 0 aromatic heterocycles. The van der Waals surface area contributed by atoms with Gasteiger partial charge >= 0.3 is 5.97 Å². The Morgan fingerprint density at radius 1 is 1.21 bits per heavy atom. The van der Waals surface area contributed by atoms with Gasteiger partial charge in [0.05, 0.1) is 13.2 Å². The fraction of sp³-hybridized carbons (Fsp3) is 0.933. The number of nitrogens with one attached hydrogen (secondary N) is 1. The van der Waals surface area contributed by atoms with Gasteiger partial charge in [-0.1, -0.05) is 33.6 Å². The summed E-state index contributed by atoms with van der Waals surface area (Å²) in [6, 6.07) is 0. The van der Waals surface area contributed by atoms with Crippen LogP contribution in [-0.2, 0) is 14.3 Å². The number of ether oxygens (including phenoxy) is 2. The maximum absolute atomic E-state index is 12.0. The number of carbonyl (C=O) groups is 1. The molecule has 4 heteroatoms. The summed E-state index contributed by atoms with van der Waals surface area (Å²) < 4.78 is 10.9. The second kappa shape index (κ2) is 10.2. The van der Waals surface area contributed by atoms with Crippen LogP contribution in [0.4, 0.5) is 0 Å². The molecule has 0 saturated carbocycles. The van der Waals surface area contributed by atoms with Crippen LogP contribution < -0.4 is 5.32 Å². The van der Waals surface area contributed by atoms with Crippen molar-refractivity contribution < 1.29 is 14.3 Å². The van der Waals surface area contributed by atoms with Crippen molar-refractivity contribution in [3.8, 4) is 0 Å². The maximum Gasteiger partial charge on any atom is 0.328 e. The average molecular weight is 273 g/mol. The fourth-order valence-electron chi connectivity index (χ4n) is 1.83.